The van der Waals surface area contributed by atoms with Gasteiger partial charge in [-0.05, 0) is 18.2 Å². The summed E-state index contributed by atoms with van der Waals surface area (Å²) in [5.41, 5.74) is 4.76. The molecule has 1 aliphatic heterocycles. The van der Waals surface area contributed by atoms with E-state index >= 15 is 0 Å². The summed E-state index contributed by atoms with van der Waals surface area (Å²) in [5.74, 6) is 1.50. The van der Waals surface area contributed by atoms with E-state index < -0.39 is 0 Å². The highest BCUT2D eigenvalue weighted by molar-refractivity contribution is 5.83. The van der Waals surface area contributed by atoms with E-state index in [1.54, 1.807) is 12.4 Å². The molecule has 0 bridgehead atoms. The number of anilines is 1. The van der Waals surface area contributed by atoms with Crippen LogP contribution in [0, 0.1) is 0 Å². The standard InChI is InChI=1S/C24H22N8O/c1-2-4-20-19(3-1)18(15-26-20)16-27-29-22-14-24(31-9-11-33-12-10-31)32-23(28-22)13-21(30-32)17-5-7-25-8-6-17/h1-8,13-15,26H,9-12,16H2. The largest absolute Gasteiger partial charge is 0.378 e. The second-order valence-electron chi connectivity index (χ2n) is 7.87. The molecule has 0 spiro atoms. The minimum Gasteiger partial charge on any atom is -0.378 e. The molecule has 4 aromatic heterocycles. The summed E-state index contributed by atoms with van der Waals surface area (Å²) in [5, 5.41) is 14.9. The van der Waals surface area contributed by atoms with Crippen LogP contribution < -0.4 is 4.90 Å². The molecule has 9 heteroatoms. The molecule has 33 heavy (non-hydrogen) atoms. The van der Waals surface area contributed by atoms with Crippen LogP contribution >= 0.6 is 0 Å². The monoisotopic (exact) mass is 438 g/mol. The molecule has 0 aliphatic carbocycles. The van der Waals surface area contributed by atoms with Gasteiger partial charge in [0.15, 0.2) is 11.5 Å². The number of aromatic nitrogens is 5. The molecule has 0 amide bonds. The van der Waals surface area contributed by atoms with E-state index in [2.05, 4.69) is 37.2 Å². The Kier molecular flexibility index (Phi) is 5.00. The molecule has 1 aromatic carbocycles. The minimum atomic E-state index is 0.477. The summed E-state index contributed by atoms with van der Waals surface area (Å²) in [4.78, 5) is 14.3. The Balaban J connectivity index is 1.36. The van der Waals surface area contributed by atoms with Gasteiger partial charge in [-0.15, -0.1) is 5.11 Å². The zero-order valence-corrected chi connectivity index (χ0v) is 17.9. The van der Waals surface area contributed by atoms with Gasteiger partial charge in [-0.3, -0.25) is 4.98 Å². The maximum absolute atomic E-state index is 5.54. The van der Waals surface area contributed by atoms with Crippen LogP contribution in [-0.4, -0.2) is 50.9 Å². The van der Waals surface area contributed by atoms with Gasteiger partial charge in [0.25, 0.3) is 0 Å². The summed E-state index contributed by atoms with van der Waals surface area (Å²) < 4.78 is 7.42. The molecule has 1 fully saturated rings. The third-order valence-corrected chi connectivity index (χ3v) is 5.80. The Morgan fingerprint density at radius 1 is 1.03 bits per heavy atom. The number of H-pyrrole nitrogens is 1. The van der Waals surface area contributed by atoms with Crippen molar-refractivity contribution in [1.29, 1.82) is 0 Å². The smallest absolute Gasteiger partial charge is 0.179 e. The lowest BCUT2D eigenvalue weighted by Gasteiger charge is -2.28. The van der Waals surface area contributed by atoms with Crippen molar-refractivity contribution in [3.63, 3.8) is 0 Å². The highest BCUT2D eigenvalue weighted by atomic mass is 16.5. The van der Waals surface area contributed by atoms with Crippen LogP contribution in [0.1, 0.15) is 5.56 Å². The molecule has 0 radical (unpaired) electrons. The van der Waals surface area contributed by atoms with Crippen molar-refractivity contribution in [2.45, 2.75) is 6.54 Å². The van der Waals surface area contributed by atoms with E-state index in [0.29, 0.717) is 25.6 Å². The van der Waals surface area contributed by atoms with E-state index in [9.17, 15) is 0 Å². The summed E-state index contributed by atoms with van der Waals surface area (Å²) in [7, 11) is 0. The molecule has 164 valence electrons. The number of fused-ring (bicyclic) bond motifs is 2. The highest BCUT2D eigenvalue weighted by Crippen LogP contribution is 2.27. The van der Waals surface area contributed by atoms with Gasteiger partial charge in [-0.2, -0.15) is 14.7 Å². The lowest BCUT2D eigenvalue weighted by Crippen LogP contribution is -2.37. The molecule has 5 aromatic rings. The number of benzene rings is 1. The fourth-order valence-electron chi connectivity index (χ4n) is 4.12. The first-order chi connectivity index (χ1) is 16.3. The van der Waals surface area contributed by atoms with Crippen molar-refractivity contribution in [2.24, 2.45) is 10.2 Å². The Labute approximate surface area is 189 Å². The molecular formula is C24H22N8O. The third kappa shape index (κ3) is 3.83. The van der Waals surface area contributed by atoms with E-state index in [1.165, 1.54) is 0 Å². The van der Waals surface area contributed by atoms with Crippen LogP contribution in [0.2, 0.25) is 0 Å². The molecule has 0 saturated carbocycles. The Hall–Kier alpha value is -4.11. The Morgan fingerprint density at radius 2 is 1.88 bits per heavy atom. The molecule has 9 nitrogen and oxygen atoms in total. The summed E-state index contributed by atoms with van der Waals surface area (Å²) >= 11 is 0. The number of azo groups is 1. The number of aromatic amines is 1. The maximum Gasteiger partial charge on any atom is 0.179 e. The van der Waals surface area contributed by atoms with Gasteiger partial charge >= 0.3 is 0 Å². The van der Waals surface area contributed by atoms with E-state index in [-0.39, 0.29) is 0 Å². The zero-order chi connectivity index (χ0) is 22.0. The molecule has 5 heterocycles. The summed E-state index contributed by atoms with van der Waals surface area (Å²) in [6.07, 6.45) is 5.51. The van der Waals surface area contributed by atoms with Crippen molar-refractivity contribution in [1.82, 2.24) is 24.6 Å². The number of morpholine rings is 1. The number of para-hydroxylation sites is 1. The van der Waals surface area contributed by atoms with Crippen LogP contribution in [0.25, 0.3) is 27.8 Å². The zero-order valence-electron chi connectivity index (χ0n) is 17.9. The first kappa shape index (κ1) is 19.6. The van der Waals surface area contributed by atoms with Crippen molar-refractivity contribution < 1.29 is 4.74 Å². The predicted octanol–water partition coefficient (Wildman–Crippen LogP) is 4.39. The topological polar surface area (TPSA) is 96.1 Å². The van der Waals surface area contributed by atoms with Gasteiger partial charge in [0.05, 0.1) is 25.5 Å². The van der Waals surface area contributed by atoms with Crippen LogP contribution in [0.4, 0.5) is 11.6 Å². The number of hydrogen-bond donors (Lipinski definition) is 1. The van der Waals surface area contributed by atoms with Crippen molar-refractivity contribution in [3.05, 3.63) is 72.7 Å². The second kappa shape index (κ2) is 8.44. The number of nitrogens with one attached hydrogen (secondary N) is 1. The molecule has 0 unspecified atom stereocenters. The number of hydrogen-bond acceptors (Lipinski definition) is 7. The van der Waals surface area contributed by atoms with Gasteiger partial charge in [0.1, 0.15) is 5.82 Å². The van der Waals surface area contributed by atoms with Crippen molar-refractivity contribution in [2.75, 3.05) is 31.2 Å². The number of nitrogens with zero attached hydrogens (tertiary/aromatic N) is 7. The predicted molar refractivity (Wildman–Crippen MR) is 126 cm³/mol. The third-order valence-electron chi connectivity index (χ3n) is 5.80. The minimum absolute atomic E-state index is 0.477. The van der Waals surface area contributed by atoms with Crippen LogP contribution in [0.15, 0.2) is 77.3 Å². The lowest BCUT2D eigenvalue weighted by atomic mass is 10.2. The van der Waals surface area contributed by atoms with Crippen molar-refractivity contribution in [3.8, 4) is 11.3 Å². The summed E-state index contributed by atoms with van der Waals surface area (Å²) in [6, 6.07) is 16.0. The van der Waals surface area contributed by atoms with Crippen molar-refractivity contribution >= 4 is 28.2 Å². The van der Waals surface area contributed by atoms with E-state index in [1.807, 2.05) is 47.1 Å². The highest BCUT2D eigenvalue weighted by Gasteiger charge is 2.18. The van der Waals surface area contributed by atoms with E-state index in [4.69, 9.17) is 14.8 Å². The quantitative estimate of drug-likeness (QED) is 0.411. The summed E-state index contributed by atoms with van der Waals surface area (Å²) in [6.45, 7) is 3.41. The molecular weight excluding hydrogens is 416 g/mol. The fourth-order valence-corrected chi connectivity index (χ4v) is 4.12. The Morgan fingerprint density at radius 3 is 2.76 bits per heavy atom. The molecule has 6 rings (SSSR count). The number of ether oxygens (including phenoxy) is 1. The lowest BCUT2D eigenvalue weighted by molar-refractivity contribution is 0.122. The molecule has 1 saturated heterocycles. The SMILES string of the molecule is c1ccc2c(CN=Nc3cc(N4CCOCC4)n4nc(-c5ccncc5)cc4n3)c[nH]c2c1. The molecule has 1 N–H and O–H groups in total. The first-order valence-corrected chi connectivity index (χ1v) is 10.9. The van der Waals surface area contributed by atoms with Crippen LogP contribution in [0.3, 0.4) is 0 Å². The number of pyridine rings is 1. The molecule has 0 atom stereocenters. The van der Waals surface area contributed by atoms with E-state index in [0.717, 1.165) is 52.3 Å². The Bertz CT molecular complexity index is 1430. The second-order valence-corrected chi connectivity index (χ2v) is 7.87. The average molecular weight is 438 g/mol. The fraction of sp³-hybridized carbons (Fsp3) is 0.208. The van der Waals surface area contributed by atoms with Crippen LogP contribution in [-0.2, 0) is 11.3 Å². The maximum atomic E-state index is 5.54. The average Bonchev–Trinajstić information content (AvgIpc) is 3.49. The van der Waals surface area contributed by atoms with Gasteiger partial charge in [0, 0.05) is 65.8 Å². The first-order valence-electron chi connectivity index (χ1n) is 10.9. The molecule has 1 aliphatic rings. The van der Waals surface area contributed by atoms with Gasteiger partial charge in [0.2, 0.25) is 0 Å². The van der Waals surface area contributed by atoms with Gasteiger partial charge < -0.3 is 14.6 Å². The van der Waals surface area contributed by atoms with Gasteiger partial charge in [-0.25, -0.2) is 4.98 Å². The number of rotatable bonds is 5. The van der Waals surface area contributed by atoms with Gasteiger partial charge in [-0.1, -0.05) is 18.2 Å². The van der Waals surface area contributed by atoms with Crippen LogP contribution in [0.5, 0.6) is 0 Å². The normalized spacial score (nSPS) is 14.6.